The van der Waals surface area contributed by atoms with Crippen molar-refractivity contribution in [3.8, 4) is 5.75 Å². The lowest BCUT2D eigenvalue weighted by atomic mass is 10.0. The van der Waals surface area contributed by atoms with E-state index in [0.717, 1.165) is 18.6 Å². The van der Waals surface area contributed by atoms with Gasteiger partial charge in [0, 0.05) is 12.6 Å². The van der Waals surface area contributed by atoms with E-state index >= 15 is 0 Å². The highest BCUT2D eigenvalue weighted by molar-refractivity contribution is 5.81. The fourth-order valence-corrected chi connectivity index (χ4v) is 2.37. The summed E-state index contributed by atoms with van der Waals surface area (Å²) in [6.45, 7) is 6.54. The number of ether oxygens (including phenoxy) is 1. The Hall–Kier alpha value is -1.55. The van der Waals surface area contributed by atoms with Crippen LogP contribution < -0.4 is 15.8 Å². The van der Waals surface area contributed by atoms with Gasteiger partial charge in [-0.15, -0.1) is 0 Å². The molecule has 1 aliphatic rings. The number of benzene rings is 1. The zero-order chi connectivity index (χ0) is 15.4. The van der Waals surface area contributed by atoms with Crippen LogP contribution in [0, 0.1) is 5.92 Å². The molecule has 1 saturated carbocycles. The average Bonchev–Trinajstić information content (AvgIpc) is 3.29. The Morgan fingerprint density at radius 2 is 2.10 bits per heavy atom. The predicted molar refractivity (Wildman–Crippen MR) is 84.3 cm³/mol. The number of rotatable bonds is 7. The summed E-state index contributed by atoms with van der Waals surface area (Å²) in [6.07, 6.45) is 1.81. The quantitative estimate of drug-likeness (QED) is 0.810. The summed E-state index contributed by atoms with van der Waals surface area (Å²) < 4.78 is 5.76. The molecule has 1 aliphatic carbocycles. The van der Waals surface area contributed by atoms with Crippen molar-refractivity contribution < 1.29 is 9.53 Å². The van der Waals surface area contributed by atoms with Crippen molar-refractivity contribution in [3.63, 3.8) is 0 Å². The SMILES string of the molecule is CC(Oc1cccc(C(C)C)c1)C(=O)NC(CN)C1CC1. The number of nitrogens with two attached hydrogens (primary N) is 1. The molecule has 116 valence electrons. The Labute approximate surface area is 127 Å². The zero-order valence-corrected chi connectivity index (χ0v) is 13.1. The second kappa shape index (κ2) is 6.94. The molecule has 2 atom stereocenters. The van der Waals surface area contributed by atoms with E-state index in [4.69, 9.17) is 10.5 Å². The van der Waals surface area contributed by atoms with Gasteiger partial charge < -0.3 is 15.8 Å². The van der Waals surface area contributed by atoms with Gasteiger partial charge in [0.2, 0.25) is 0 Å². The monoisotopic (exact) mass is 290 g/mol. The number of hydrogen-bond acceptors (Lipinski definition) is 3. The summed E-state index contributed by atoms with van der Waals surface area (Å²) in [6, 6.07) is 8.00. The highest BCUT2D eigenvalue weighted by atomic mass is 16.5. The van der Waals surface area contributed by atoms with Gasteiger partial charge in [0.15, 0.2) is 6.10 Å². The molecule has 3 N–H and O–H groups in total. The molecule has 1 fully saturated rings. The molecule has 1 aromatic rings. The van der Waals surface area contributed by atoms with E-state index in [1.54, 1.807) is 6.92 Å². The van der Waals surface area contributed by atoms with Crippen LogP contribution in [0.4, 0.5) is 0 Å². The van der Waals surface area contributed by atoms with Crippen molar-refractivity contribution in [1.82, 2.24) is 5.32 Å². The molecule has 0 spiro atoms. The van der Waals surface area contributed by atoms with Crippen molar-refractivity contribution in [2.45, 2.75) is 51.7 Å². The molecule has 0 saturated heterocycles. The Morgan fingerprint density at radius 3 is 2.67 bits per heavy atom. The van der Waals surface area contributed by atoms with Gasteiger partial charge in [-0.2, -0.15) is 0 Å². The van der Waals surface area contributed by atoms with Crippen LogP contribution >= 0.6 is 0 Å². The van der Waals surface area contributed by atoms with Crippen LogP contribution in [0.25, 0.3) is 0 Å². The topological polar surface area (TPSA) is 64.3 Å². The normalized spacial score (nSPS) is 17.4. The van der Waals surface area contributed by atoms with Crippen LogP contribution in [0.3, 0.4) is 0 Å². The van der Waals surface area contributed by atoms with Gasteiger partial charge in [0.1, 0.15) is 5.75 Å². The standard InChI is InChI=1S/C17H26N2O2/c1-11(2)14-5-4-6-15(9-14)21-12(3)17(20)19-16(10-18)13-7-8-13/h4-6,9,11-13,16H,7-8,10,18H2,1-3H3,(H,19,20). The molecule has 0 aromatic heterocycles. The number of amides is 1. The fraction of sp³-hybridized carbons (Fsp3) is 0.588. The van der Waals surface area contributed by atoms with Crippen LogP contribution in [-0.2, 0) is 4.79 Å². The lowest BCUT2D eigenvalue weighted by Gasteiger charge is -2.20. The molecular formula is C17H26N2O2. The Kier molecular flexibility index (Phi) is 5.23. The largest absolute Gasteiger partial charge is 0.481 e. The van der Waals surface area contributed by atoms with Crippen molar-refractivity contribution in [3.05, 3.63) is 29.8 Å². The van der Waals surface area contributed by atoms with Crippen molar-refractivity contribution in [2.75, 3.05) is 6.54 Å². The molecule has 0 radical (unpaired) electrons. The summed E-state index contributed by atoms with van der Waals surface area (Å²) >= 11 is 0. The minimum atomic E-state index is -0.514. The predicted octanol–water partition coefficient (Wildman–Crippen LogP) is 2.43. The van der Waals surface area contributed by atoms with E-state index in [9.17, 15) is 4.79 Å². The van der Waals surface area contributed by atoms with Crippen LogP contribution in [0.2, 0.25) is 0 Å². The summed E-state index contributed by atoms with van der Waals surface area (Å²) in [4.78, 5) is 12.2. The first kappa shape index (κ1) is 15.8. The maximum atomic E-state index is 12.2. The number of carbonyl (C=O) groups is 1. The molecular weight excluding hydrogens is 264 g/mol. The smallest absolute Gasteiger partial charge is 0.261 e. The van der Waals surface area contributed by atoms with Gasteiger partial charge in [-0.25, -0.2) is 0 Å². The van der Waals surface area contributed by atoms with Gasteiger partial charge in [-0.3, -0.25) is 4.79 Å². The van der Waals surface area contributed by atoms with E-state index in [2.05, 4.69) is 25.2 Å². The summed E-state index contributed by atoms with van der Waals surface area (Å²) in [5.74, 6) is 1.64. The highest BCUT2D eigenvalue weighted by Gasteiger charge is 2.32. The minimum Gasteiger partial charge on any atom is -0.481 e. The van der Waals surface area contributed by atoms with Gasteiger partial charge in [-0.05, 0) is 49.3 Å². The molecule has 4 heteroatoms. The Balaban J connectivity index is 1.92. The summed E-state index contributed by atoms with van der Waals surface area (Å²) in [5.41, 5.74) is 6.92. The Bertz CT molecular complexity index is 483. The first-order chi connectivity index (χ1) is 10.0. The zero-order valence-electron chi connectivity index (χ0n) is 13.1. The third-order valence-corrected chi connectivity index (χ3v) is 3.98. The van der Waals surface area contributed by atoms with Crippen molar-refractivity contribution in [2.24, 2.45) is 11.7 Å². The molecule has 1 aromatic carbocycles. The van der Waals surface area contributed by atoms with Gasteiger partial charge in [0.25, 0.3) is 5.91 Å². The van der Waals surface area contributed by atoms with E-state index in [1.165, 1.54) is 5.56 Å². The van der Waals surface area contributed by atoms with E-state index in [-0.39, 0.29) is 11.9 Å². The van der Waals surface area contributed by atoms with E-state index in [1.807, 2.05) is 18.2 Å². The first-order valence-electron chi connectivity index (χ1n) is 7.78. The molecule has 21 heavy (non-hydrogen) atoms. The Morgan fingerprint density at radius 1 is 1.38 bits per heavy atom. The van der Waals surface area contributed by atoms with Crippen molar-refractivity contribution >= 4 is 5.91 Å². The second-order valence-electron chi connectivity index (χ2n) is 6.18. The molecule has 4 nitrogen and oxygen atoms in total. The summed E-state index contributed by atoms with van der Waals surface area (Å²) in [7, 11) is 0. The molecule has 1 amide bonds. The maximum Gasteiger partial charge on any atom is 0.261 e. The van der Waals surface area contributed by atoms with Gasteiger partial charge in [-0.1, -0.05) is 26.0 Å². The highest BCUT2D eigenvalue weighted by Crippen LogP contribution is 2.32. The molecule has 0 bridgehead atoms. The molecule has 2 unspecified atom stereocenters. The molecule has 0 heterocycles. The lowest BCUT2D eigenvalue weighted by Crippen LogP contribution is -2.46. The van der Waals surface area contributed by atoms with Crippen molar-refractivity contribution in [1.29, 1.82) is 0 Å². The van der Waals surface area contributed by atoms with E-state index < -0.39 is 6.10 Å². The van der Waals surface area contributed by atoms with Crippen LogP contribution in [0.1, 0.15) is 45.1 Å². The van der Waals surface area contributed by atoms with E-state index in [0.29, 0.717) is 18.4 Å². The molecule has 2 rings (SSSR count). The fourth-order valence-electron chi connectivity index (χ4n) is 2.37. The van der Waals surface area contributed by atoms with Crippen LogP contribution in [0.5, 0.6) is 5.75 Å². The number of nitrogens with one attached hydrogen (secondary N) is 1. The average molecular weight is 290 g/mol. The second-order valence-corrected chi connectivity index (χ2v) is 6.18. The first-order valence-corrected chi connectivity index (χ1v) is 7.78. The van der Waals surface area contributed by atoms with Crippen LogP contribution in [0.15, 0.2) is 24.3 Å². The third-order valence-electron chi connectivity index (χ3n) is 3.98. The lowest BCUT2D eigenvalue weighted by molar-refractivity contribution is -0.128. The van der Waals surface area contributed by atoms with Gasteiger partial charge >= 0.3 is 0 Å². The number of hydrogen-bond donors (Lipinski definition) is 2. The maximum absolute atomic E-state index is 12.2. The van der Waals surface area contributed by atoms with Gasteiger partial charge in [0.05, 0.1) is 0 Å². The minimum absolute atomic E-state index is 0.0885. The molecule has 0 aliphatic heterocycles. The number of carbonyl (C=O) groups excluding carboxylic acids is 1. The summed E-state index contributed by atoms with van der Waals surface area (Å²) in [5, 5.41) is 3.00. The van der Waals surface area contributed by atoms with Crippen LogP contribution in [-0.4, -0.2) is 24.6 Å². The third kappa shape index (κ3) is 4.46.